The van der Waals surface area contributed by atoms with Crippen LogP contribution in [0, 0.1) is 0 Å². The highest BCUT2D eigenvalue weighted by Gasteiger charge is 2.27. The third-order valence-electron chi connectivity index (χ3n) is 3.62. The van der Waals surface area contributed by atoms with Crippen molar-refractivity contribution in [2.75, 3.05) is 13.6 Å². The maximum Gasteiger partial charge on any atom is 0.352 e. The van der Waals surface area contributed by atoms with Gasteiger partial charge < -0.3 is 5.11 Å². The van der Waals surface area contributed by atoms with E-state index in [9.17, 15) is 9.90 Å². The van der Waals surface area contributed by atoms with Crippen molar-refractivity contribution < 1.29 is 9.90 Å². The van der Waals surface area contributed by atoms with Gasteiger partial charge in [-0.25, -0.2) is 9.78 Å². The molecule has 0 aromatic carbocycles. The molecule has 3 rings (SSSR count). The highest BCUT2D eigenvalue weighted by Crippen LogP contribution is 2.30. The van der Waals surface area contributed by atoms with Gasteiger partial charge in [-0.2, -0.15) is 0 Å². The van der Waals surface area contributed by atoms with Crippen LogP contribution in [-0.4, -0.2) is 39.0 Å². The van der Waals surface area contributed by atoms with Crippen molar-refractivity contribution in [3.8, 4) is 0 Å². The van der Waals surface area contributed by atoms with Gasteiger partial charge in [-0.3, -0.25) is 9.30 Å². The molecule has 1 unspecified atom stereocenters. The van der Waals surface area contributed by atoms with Crippen molar-refractivity contribution in [1.29, 1.82) is 0 Å². The molecule has 1 atom stereocenters. The van der Waals surface area contributed by atoms with Crippen molar-refractivity contribution in [2.45, 2.75) is 18.9 Å². The number of aromatic nitrogens is 2. The summed E-state index contributed by atoms with van der Waals surface area (Å²) in [6, 6.07) is 5.48. The van der Waals surface area contributed by atoms with Crippen LogP contribution in [0.5, 0.6) is 0 Å². The summed E-state index contributed by atoms with van der Waals surface area (Å²) < 4.78 is 1.76. The molecule has 1 aliphatic heterocycles. The monoisotopic (exact) mass is 245 g/mol. The van der Waals surface area contributed by atoms with E-state index in [1.807, 2.05) is 6.07 Å². The highest BCUT2D eigenvalue weighted by atomic mass is 16.4. The zero-order chi connectivity index (χ0) is 12.7. The third-order valence-corrected chi connectivity index (χ3v) is 3.62. The Morgan fingerprint density at radius 2 is 2.33 bits per heavy atom. The molecule has 2 aromatic rings. The first-order valence-corrected chi connectivity index (χ1v) is 6.08. The molecular formula is C13H15N3O2. The van der Waals surface area contributed by atoms with Gasteiger partial charge in [-0.1, -0.05) is 6.07 Å². The average Bonchev–Trinajstić information content (AvgIpc) is 2.94. The van der Waals surface area contributed by atoms with Gasteiger partial charge in [0.15, 0.2) is 0 Å². The molecule has 0 radical (unpaired) electrons. The van der Waals surface area contributed by atoms with Crippen molar-refractivity contribution >= 4 is 11.5 Å². The Morgan fingerprint density at radius 3 is 3.00 bits per heavy atom. The van der Waals surface area contributed by atoms with Crippen LogP contribution in [0.3, 0.4) is 0 Å². The number of likely N-dealkylation sites (tertiary alicyclic amines) is 1. The molecule has 0 aliphatic carbocycles. The zero-order valence-electron chi connectivity index (χ0n) is 10.2. The maximum atomic E-state index is 11.3. The fourth-order valence-corrected chi connectivity index (χ4v) is 2.71. The van der Waals surface area contributed by atoms with Gasteiger partial charge in [0.25, 0.3) is 0 Å². The number of carboxylic acid groups (broad SMARTS) is 1. The molecule has 18 heavy (non-hydrogen) atoms. The Hall–Kier alpha value is -1.88. The second-order valence-corrected chi connectivity index (χ2v) is 4.73. The third kappa shape index (κ3) is 1.59. The summed E-state index contributed by atoms with van der Waals surface area (Å²) >= 11 is 0. The Balaban J connectivity index is 2.21. The van der Waals surface area contributed by atoms with E-state index in [0.717, 1.165) is 30.7 Å². The Kier molecular flexibility index (Phi) is 2.56. The predicted octanol–water partition coefficient (Wildman–Crippen LogP) is 1.80. The van der Waals surface area contributed by atoms with E-state index in [1.165, 1.54) is 0 Å². The Labute approximate surface area is 105 Å². The molecule has 1 fully saturated rings. The van der Waals surface area contributed by atoms with Crippen LogP contribution in [0.15, 0.2) is 24.4 Å². The SMILES string of the molecule is CN1CCCC1c1ncc2cccc(C(=O)O)n12. The van der Waals surface area contributed by atoms with Crippen LogP contribution in [0.2, 0.25) is 0 Å². The predicted molar refractivity (Wildman–Crippen MR) is 66.8 cm³/mol. The standard InChI is InChI=1S/C13H15N3O2/c1-15-7-3-6-10(15)12-14-8-9-4-2-5-11(13(17)18)16(9)12/h2,4-5,8,10H,3,6-7H2,1H3,(H,17,18). The quantitative estimate of drug-likeness (QED) is 0.876. The Morgan fingerprint density at radius 1 is 1.50 bits per heavy atom. The van der Waals surface area contributed by atoms with Gasteiger partial charge in [-0.15, -0.1) is 0 Å². The molecule has 5 nitrogen and oxygen atoms in total. The second-order valence-electron chi connectivity index (χ2n) is 4.73. The van der Waals surface area contributed by atoms with Gasteiger partial charge >= 0.3 is 5.97 Å². The topological polar surface area (TPSA) is 57.8 Å². The number of carbonyl (C=O) groups is 1. The number of fused-ring (bicyclic) bond motifs is 1. The van der Waals surface area contributed by atoms with E-state index < -0.39 is 5.97 Å². The van der Waals surface area contributed by atoms with E-state index in [4.69, 9.17) is 0 Å². The largest absolute Gasteiger partial charge is 0.477 e. The van der Waals surface area contributed by atoms with E-state index in [2.05, 4.69) is 16.9 Å². The van der Waals surface area contributed by atoms with Crippen LogP contribution in [-0.2, 0) is 0 Å². The number of hydrogen-bond acceptors (Lipinski definition) is 3. The molecule has 0 spiro atoms. The van der Waals surface area contributed by atoms with E-state index in [0.29, 0.717) is 0 Å². The first-order valence-electron chi connectivity index (χ1n) is 6.08. The Bertz CT molecular complexity index is 605. The zero-order valence-corrected chi connectivity index (χ0v) is 10.2. The first-order chi connectivity index (χ1) is 8.68. The molecule has 1 aliphatic rings. The van der Waals surface area contributed by atoms with Gasteiger partial charge in [0.05, 0.1) is 17.8 Å². The normalized spacial score (nSPS) is 20.6. The van der Waals surface area contributed by atoms with Crippen LogP contribution >= 0.6 is 0 Å². The number of imidazole rings is 1. The first kappa shape index (κ1) is 11.2. The summed E-state index contributed by atoms with van der Waals surface area (Å²) in [4.78, 5) is 18.0. The molecular weight excluding hydrogens is 230 g/mol. The minimum Gasteiger partial charge on any atom is -0.477 e. The highest BCUT2D eigenvalue weighted by molar-refractivity contribution is 5.86. The fraction of sp³-hybridized carbons (Fsp3) is 0.385. The average molecular weight is 245 g/mol. The molecule has 94 valence electrons. The van der Waals surface area contributed by atoms with Crippen LogP contribution in [0.1, 0.15) is 35.2 Å². The second kappa shape index (κ2) is 4.10. The molecule has 5 heteroatoms. The lowest BCUT2D eigenvalue weighted by Gasteiger charge is -2.18. The summed E-state index contributed by atoms with van der Waals surface area (Å²) in [6.45, 7) is 1.04. The number of pyridine rings is 1. The minimum absolute atomic E-state index is 0.216. The van der Waals surface area contributed by atoms with Gasteiger partial charge in [0, 0.05) is 0 Å². The smallest absolute Gasteiger partial charge is 0.352 e. The van der Waals surface area contributed by atoms with Crippen molar-refractivity contribution in [2.24, 2.45) is 0 Å². The summed E-state index contributed by atoms with van der Waals surface area (Å²) in [7, 11) is 2.06. The van der Waals surface area contributed by atoms with Crippen LogP contribution < -0.4 is 0 Å². The van der Waals surface area contributed by atoms with Crippen molar-refractivity contribution in [3.05, 3.63) is 35.9 Å². The van der Waals surface area contributed by atoms with Crippen LogP contribution in [0.25, 0.3) is 5.52 Å². The number of nitrogens with zero attached hydrogens (tertiary/aromatic N) is 3. The minimum atomic E-state index is -0.916. The summed E-state index contributed by atoms with van der Waals surface area (Å²) in [5.74, 6) is -0.0801. The number of carboxylic acids is 1. The lowest BCUT2D eigenvalue weighted by Crippen LogP contribution is -2.21. The molecule has 3 heterocycles. The summed E-state index contributed by atoms with van der Waals surface area (Å²) in [6.07, 6.45) is 3.91. The molecule has 0 saturated carbocycles. The lowest BCUT2D eigenvalue weighted by atomic mass is 10.2. The van der Waals surface area contributed by atoms with Crippen molar-refractivity contribution in [3.63, 3.8) is 0 Å². The van der Waals surface area contributed by atoms with E-state index >= 15 is 0 Å². The van der Waals surface area contributed by atoms with Gasteiger partial charge in [-0.05, 0) is 38.6 Å². The van der Waals surface area contributed by atoms with Crippen molar-refractivity contribution in [1.82, 2.24) is 14.3 Å². The molecule has 0 amide bonds. The van der Waals surface area contributed by atoms with Gasteiger partial charge in [0.2, 0.25) is 0 Å². The molecule has 2 aromatic heterocycles. The number of rotatable bonds is 2. The van der Waals surface area contributed by atoms with Crippen LogP contribution in [0.4, 0.5) is 0 Å². The van der Waals surface area contributed by atoms with E-state index in [1.54, 1.807) is 22.7 Å². The molecule has 1 saturated heterocycles. The van der Waals surface area contributed by atoms with E-state index in [-0.39, 0.29) is 11.7 Å². The maximum absolute atomic E-state index is 11.3. The molecule has 0 bridgehead atoms. The summed E-state index contributed by atoms with van der Waals surface area (Å²) in [5.41, 5.74) is 1.12. The van der Waals surface area contributed by atoms with Gasteiger partial charge in [0.1, 0.15) is 11.5 Å². The number of aromatic carboxylic acids is 1. The summed E-state index contributed by atoms with van der Waals surface area (Å²) in [5, 5.41) is 9.27. The lowest BCUT2D eigenvalue weighted by molar-refractivity contribution is 0.0688. The number of hydrogen-bond donors (Lipinski definition) is 1. The molecule has 1 N–H and O–H groups in total. The fourth-order valence-electron chi connectivity index (χ4n) is 2.71.